The van der Waals surface area contributed by atoms with Gasteiger partial charge >= 0.3 is 0 Å². The van der Waals surface area contributed by atoms with E-state index in [0.29, 0.717) is 46.8 Å². The van der Waals surface area contributed by atoms with Gasteiger partial charge in [-0.25, -0.2) is 9.37 Å². The topological polar surface area (TPSA) is 64.2 Å². The highest BCUT2D eigenvalue weighted by Gasteiger charge is 2.20. The summed E-state index contributed by atoms with van der Waals surface area (Å²) in [5, 5.41) is 4.34. The third-order valence-corrected chi connectivity index (χ3v) is 3.95. The Balaban J connectivity index is 2.32. The average Bonchev–Trinajstić information content (AvgIpc) is 2.84. The molecule has 3 rings (SSSR count). The van der Waals surface area contributed by atoms with Crippen molar-refractivity contribution in [3.8, 4) is 11.4 Å². The van der Waals surface area contributed by atoms with Crippen LogP contribution in [0.2, 0.25) is 0 Å². The fourth-order valence-corrected chi connectivity index (χ4v) is 2.69. The van der Waals surface area contributed by atoms with Gasteiger partial charge in [-0.2, -0.15) is 0 Å². The van der Waals surface area contributed by atoms with Gasteiger partial charge in [-0.15, -0.1) is 0 Å². The molecule has 6 nitrogen and oxygen atoms in total. The Bertz CT molecular complexity index is 940. The van der Waals surface area contributed by atoms with Crippen molar-refractivity contribution in [3.63, 3.8) is 0 Å². The largest absolute Gasteiger partial charge is 0.361 e. The monoisotopic (exact) mass is 330 g/mol. The molecule has 0 aliphatic carbocycles. The Kier molecular flexibility index (Phi) is 4.19. The van der Waals surface area contributed by atoms with Crippen LogP contribution in [0.15, 0.2) is 27.5 Å². The molecule has 0 N–H and O–H groups in total. The van der Waals surface area contributed by atoms with Crippen LogP contribution in [0.4, 0.5) is 4.39 Å². The average molecular weight is 330 g/mol. The minimum absolute atomic E-state index is 0.197. The lowest BCUT2D eigenvalue weighted by molar-refractivity contribution is 0.381. The molecule has 3 aromatic rings. The first kappa shape index (κ1) is 16.3. The molecule has 0 spiro atoms. The fraction of sp³-hybridized carbons (Fsp3) is 0.353. The number of rotatable bonds is 4. The normalized spacial score (nSPS) is 11.6. The number of hydrogen-bond acceptors (Lipinski definition) is 5. The first-order valence-corrected chi connectivity index (χ1v) is 7.66. The standard InChI is InChI=1S/C17H19FN4O2/c1-10-15(11(2)24-20-10)16-19-14-9-12(18)5-6-13(14)17(23)22(16)8-7-21(3)4/h5-6,9H,7-8H2,1-4H3. The summed E-state index contributed by atoms with van der Waals surface area (Å²) in [5.74, 6) is 0.607. The zero-order valence-electron chi connectivity index (χ0n) is 14.1. The van der Waals surface area contributed by atoms with Crippen LogP contribution in [0.1, 0.15) is 11.5 Å². The van der Waals surface area contributed by atoms with E-state index >= 15 is 0 Å². The van der Waals surface area contributed by atoms with Crippen molar-refractivity contribution in [3.05, 3.63) is 45.8 Å². The second kappa shape index (κ2) is 6.16. The van der Waals surface area contributed by atoms with Gasteiger partial charge in [-0.05, 0) is 40.1 Å². The van der Waals surface area contributed by atoms with Gasteiger partial charge < -0.3 is 9.42 Å². The first-order chi connectivity index (χ1) is 11.4. The lowest BCUT2D eigenvalue weighted by Gasteiger charge is -2.16. The lowest BCUT2D eigenvalue weighted by atomic mass is 10.1. The predicted octanol–water partition coefficient (Wildman–Crippen LogP) is 2.37. The zero-order chi connectivity index (χ0) is 17.4. The van der Waals surface area contributed by atoms with Gasteiger partial charge in [0.05, 0.1) is 22.2 Å². The van der Waals surface area contributed by atoms with Crippen LogP contribution in [0.3, 0.4) is 0 Å². The summed E-state index contributed by atoms with van der Waals surface area (Å²) >= 11 is 0. The quantitative estimate of drug-likeness (QED) is 0.735. The third kappa shape index (κ3) is 2.82. The molecule has 24 heavy (non-hydrogen) atoms. The molecular weight excluding hydrogens is 311 g/mol. The fourth-order valence-electron chi connectivity index (χ4n) is 2.69. The number of likely N-dealkylation sites (N-methyl/N-ethyl adjacent to an activating group) is 1. The highest BCUT2D eigenvalue weighted by Crippen LogP contribution is 2.26. The van der Waals surface area contributed by atoms with E-state index in [9.17, 15) is 9.18 Å². The molecule has 0 unspecified atom stereocenters. The Hall–Kier alpha value is -2.54. The number of aromatic nitrogens is 3. The van der Waals surface area contributed by atoms with Crippen LogP contribution in [-0.2, 0) is 6.54 Å². The number of nitrogens with zero attached hydrogens (tertiary/aromatic N) is 4. The SMILES string of the molecule is Cc1noc(C)c1-c1nc2cc(F)ccc2c(=O)n1CCN(C)C. The number of fused-ring (bicyclic) bond motifs is 1. The van der Waals surface area contributed by atoms with Crippen molar-refractivity contribution in [1.82, 2.24) is 19.6 Å². The predicted molar refractivity (Wildman–Crippen MR) is 89.5 cm³/mol. The van der Waals surface area contributed by atoms with Gasteiger partial charge in [0.2, 0.25) is 0 Å². The van der Waals surface area contributed by atoms with Gasteiger partial charge in [0.1, 0.15) is 17.4 Å². The Morgan fingerprint density at radius 3 is 2.67 bits per heavy atom. The molecule has 126 valence electrons. The number of hydrogen-bond donors (Lipinski definition) is 0. The van der Waals surface area contributed by atoms with Crippen LogP contribution in [-0.4, -0.2) is 40.2 Å². The van der Waals surface area contributed by atoms with E-state index in [-0.39, 0.29) is 5.56 Å². The highest BCUT2D eigenvalue weighted by molar-refractivity contribution is 5.80. The van der Waals surface area contributed by atoms with Crippen LogP contribution in [0.25, 0.3) is 22.3 Å². The molecule has 0 saturated carbocycles. The molecule has 2 heterocycles. The van der Waals surface area contributed by atoms with E-state index in [2.05, 4.69) is 10.1 Å². The van der Waals surface area contributed by atoms with E-state index in [4.69, 9.17) is 4.52 Å². The maximum atomic E-state index is 13.6. The summed E-state index contributed by atoms with van der Waals surface area (Å²) in [7, 11) is 3.87. The van der Waals surface area contributed by atoms with Crippen LogP contribution < -0.4 is 5.56 Å². The van der Waals surface area contributed by atoms with Crippen molar-refractivity contribution < 1.29 is 8.91 Å². The van der Waals surface area contributed by atoms with Crippen molar-refractivity contribution >= 4 is 10.9 Å². The maximum absolute atomic E-state index is 13.6. The van der Waals surface area contributed by atoms with Crippen molar-refractivity contribution in [2.75, 3.05) is 20.6 Å². The molecule has 0 amide bonds. The molecule has 0 saturated heterocycles. The lowest BCUT2D eigenvalue weighted by Crippen LogP contribution is -2.29. The van der Waals surface area contributed by atoms with Crippen molar-refractivity contribution in [2.24, 2.45) is 0 Å². The Morgan fingerprint density at radius 2 is 2.04 bits per heavy atom. The Labute approximate surface area is 138 Å². The Morgan fingerprint density at radius 1 is 1.29 bits per heavy atom. The van der Waals surface area contributed by atoms with Gasteiger partial charge in [0.25, 0.3) is 5.56 Å². The van der Waals surface area contributed by atoms with Crippen molar-refractivity contribution in [2.45, 2.75) is 20.4 Å². The second-order valence-electron chi connectivity index (χ2n) is 6.06. The minimum Gasteiger partial charge on any atom is -0.361 e. The first-order valence-electron chi connectivity index (χ1n) is 7.66. The molecule has 7 heteroatoms. The summed E-state index contributed by atoms with van der Waals surface area (Å²) in [5.41, 5.74) is 1.46. The third-order valence-electron chi connectivity index (χ3n) is 3.95. The number of benzene rings is 1. The summed E-state index contributed by atoms with van der Waals surface area (Å²) in [6, 6.07) is 4.02. The van der Waals surface area contributed by atoms with Gasteiger partial charge in [-0.1, -0.05) is 5.16 Å². The van der Waals surface area contributed by atoms with Gasteiger partial charge in [0.15, 0.2) is 0 Å². The van der Waals surface area contributed by atoms with Gasteiger partial charge in [-0.3, -0.25) is 9.36 Å². The van der Waals surface area contributed by atoms with E-state index in [1.54, 1.807) is 18.4 Å². The summed E-state index contributed by atoms with van der Waals surface area (Å²) < 4.78 is 20.4. The van der Waals surface area contributed by atoms with Crippen LogP contribution >= 0.6 is 0 Å². The highest BCUT2D eigenvalue weighted by atomic mass is 19.1. The maximum Gasteiger partial charge on any atom is 0.261 e. The molecule has 0 aliphatic rings. The molecule has 1 aromatic carbocycles. The second-order valence-corrected chi connectivity index (χ2v) is 6.06. The van der Waals surface area contributed by atoms with Crippen molar-refractivity contribution in [1.29, 1.82) is 0 Å². The summed E-state index contributed by atoms with van der Waals surface area (Å²) in [6.45, 7) is 4.70. The van der Waals surface area contributed by atoms with Crippen LogP contribution in [0, 0.1) is 19.7 Å². The van der Waals surface area contributed by atoms with Gasteiger partial charge in [0, 0.05) is 19.2 Å². The van der Waals surface area contributed by atoms with E-state index < -0.39 is 5.82 Å². The number of halogens is 1. The van der Waals surface area contributed by atoms with E-state index in [0.717, 1.165) is 0 Å². The summed E-state index contributed by atoms with van der Waals surface area (Å²) in [4.78, 5) is 19.4. The minimum atomic E-state index is -0.426. The summed E-state index contributed by atoms with van der Waals surface area (Å²) in [6.07, 6.45) is 0. The van der Waals surface area contributed by atoms with E-state index in [1.165, 1.54) is 18.2 Å². The zero-order valence-corrected chi connectivity index (χ0v) is 14.1. The smallest absolute Gasteiger partial charge is 0.261 e. The molecule has 2 aromatic heterocycles. The molecular formula is C17H19FN4O2. The van der Waals surface area contributed by atoms with E-state index in [1.807, 2.05) is 19.0 Å². The molecule has 0 bridgehead atoms. The molecule has 0 fully saturated rings. The molecule has 0 atom stereocenters. The molecule has 0 radical (unpaired) electrons. The molecule has 0 aliphatic heterocycles. The van der Waals surface area contributed by atoms with Crippen LogP contribution in [0.5, 0.6) is 0 Å². The number of aryl methyl sites for hydroxylation is 2.